The Bertz CT molecular complexity index is 538. The highest BCUT2D eigenvalue weighted by molar-refractivity contribution is 7.62. The standard InChI is InChI=1S/C8H5NO5S/c10-7(9-15(13)14)5-3-1-2-4-6(5)8(11)12/h1-4H,(H,11,12). The van der Waals surface area contributed by atoms with Crippen molar-refractivity contribution in [2.24, 2.45) is 4.36 Å². The van der Waals surface area contributed by atoms with Gasteiger partial charge in [-0.2, -0.15) is 8.42 Å². The van der Waals surface area contributed by atoms with E-state index in [4.69, 9.17) is 5.11 Å². The van der Waals surface area contributed by atoms with Crippen LogP contribution >= 0.6 is 0 Å². The fourth-order valence-electron chi connectivity index (χ4n) is 0.973. The Hall–Kier alpha value is -2.02. The Morgan fingerprint density at radius 1 is 1.13 bits per heavy atom. The van der Waals surface area contributed by atoms with E-state index in [1.165, 1.54) is 24.3 Å². The van der Waals surface area contributed by atoms with Gasteiger partial charge < -0.3 is 5.11 Å². The van der Waals surface area contributed by atoms with Crippen LogP contribution in [0.5, 0.6) is 0 Å². The minimum absolute atomic E-state index is 0.255. The van der Waals surface area contributed by atoms with Crippen LogP contribution in [0.1, 0.15) is 20.7 Å². The molecule has 1 aromatic rings. The van der Waals surface area contributed by atoms with Gasteiger partial charge in [0.1, 0.15) is 0 Å². The first-order valence-corrected chi connectivity index (χ1v) is 4.73. The van der Waals surface area contributed by atoms with Crippen molar-refractivity contribution in [2.45, 2.75) is 0 Å². The first-order chi connectivity index (χ1) is 7.02. The number of aromatic carboxylic acids is 1. The van der Waals surface area contributed by atoms with E-state index in [0.717, 1.165) is 0 Å². The maximum atomic E-state index is 11.2. The second-order valence-electron chi connectivity index (χ2n) is 2.46. The largest absolute Gasteiger partial charge is 0.478 e. The van der Waals surface area contributed by atoms with E-state index in [2.05, 4.69) is 4.36 Å². The third-order valence-corrected chi connectivity index (χ3v) is 1.86. The monoisotopic (exact) mass is 227 g/mol. The summed E-state index contributed by atoms with van der Waals surface area (Å²) in [6.07, 6.45) is 0. The van der Waals surface area contributed by atoms with Gasteiger partial charge in [-0.05, 0) is 12.1 Å². The minimum Gasteiger partial charge on any atom is -0.478 e. The Morgan fingerprint density at radius 2 is 1.67 bits per heavy atom. The van der Waals surface area contributed by atoms with E-state index in [-0.39, 0.29) is 11.1 Å². The molecule has 0 unspecified atom stereocenters. The molecule has 1 amide bonds. The van der Waals surface area contributed by atoms with E-state index in [1.54, 1.807) is 0 Å². The SMILES string of the molecule is O=C(O)c1ccccc1C(=O)N=S(=O)=O. The van der Waals surface area contributed by atoms with Gasteiger partial charge in [0.2, 0.25) is 0 Å². The third-order valence-electron chi connectivity index (χ3n) is 1.55. The number of hydrogen-bond acceptors (Lipinski definition) is 4. The van der Waals surface area contributed by atoms with Crippen molar-refractivity contribution in [1.82, 2.24) is 0 Å². The van der Waals surface area contributed by atoms with Gasteiger partial charge in [-0.15, -0.1) is 0 Å². The summed E-state index contributed by atoms with van der Waals surface area (Å²) in [4.78, 5) is 21.8. The summed E-state index contributed by atoms with van der Waals surface area (Å²) in [6, 6.07) is 5.23. The Kier molecular flexibility index (Phi) is 3.29. The van der Waals surface area contributed by atoms with Crippen LogP contribution in [0.15, 0.2) is 28.6 Å². The fourth-order valence-corrected chi connectivity index (χ4v) is 1.21. The highest BCUT2D eigenvalue weighted by Gasteiger charge is 2.15. The van der Waals surface area contributed by atoms with Crippen molar-refractivity contribution < 1.29 is 23.1 Å². The van der Waals surface area contributed by atoms with Crippen LogP contribution in [0.3, 0.4) is 0 Å². The van der Waals surface area contributed by atoms with Crippen molar-refractivity contribution in [3.63, 3.8) is 0 Å². The van der Waals surface area contributed by atoms with Crippen molar-refractivity contribution in [3.05, 3.63) is 35.4 Å². The normalized spacial score (nSPS) is 9.33. The molecular formula is C8H5NO5S. The average molecular weight is 227 g/mol. The van der Waals surface area contributed by atoms with Gasteiger partial charge in [0, 0.05) is 0 Å². The van der Waals surface area contributed by atoms with Crippen LogP contribution in [0, 0.1) is 0 Å². The quantitative estimate of drug-likeness (QED) is 0.796. The predicted molar refractivity (Wildman–Crippen MR) is 49.1 cm³/mol. The second-order valence-corrected chi connectivity index (χ2v) is 3.08. The highest BCUT2D eigenvalue weighted by Crippen LogP contribution is 2.09. The lowest BCUT2D eigenvalue weighted by Gasteiger charge is -1.98. The van der Waals surface area contributed by atoms with Gasteiger partial charge >= 0.3 is 16.5 Å². The molecule has 78 valence electrons. The molecule has 0 saturated carbocycles. The zero-order chi connectivity index (χ0) is 11.4. The summed E-state index contributed by atoms with van der Waals surface area (Å²) < 4.78 is 23.0. The smallest absolute Gasteiger partial charge is 0.336 e. The zero-order valence-corrected chi connectivity index (χ0v) is 8.06. The lowest BCUT2D eigenvalue weighted by Crippen LogP contribution is -2.06. The molecule has 0 aliphatic carbocycles. The molecule has 0 aromatic heterocycles. The predicted octanol–water partition coefficient (Wildman–Crippen LogP) is 0.588. The summed E-state index contributed by atoms with van der Waals surface area (Å²) >= 11 is 0. The molecule has 0 aliphatic heterocycles. The van der Waals surface area contributed by atoms with Gasteiger partial charge in [-0.1, -0.05) is 16.5 Å². The molecule has 0 fully saturated rings. The summed E-state index contributed by atoms with van der Waals surface area (Å²) in [5.74, 6) is -2.41. The van der Waals surface area contributed by atoms with E-state index in [0.29, 0.717) is 0 Å². The first-order valence-electron chi connectivity index (χ1n) is 3.70. The number of carbonyl (C=O) groups excluding carboxylic acids is 1. The zero-order valence-electron chi connectivity index (χ0n) is 7.25. The molecule has 0 saturated heterocycles. The minimum atomic E-state index is -2.89. The molecule has 1 aromatic carbocycles. The van der Waals surface area contributed by atoms with E-state index in [9.17, 15) is 18.0 Å². The number of rotatable bonds is 2. The molecule has 0 atom stereocenters. The number of hydrogen-bond donors (Lipinski definition) is 1. The third kappa shape index (κ3) is 2.71. The van der Waals surface area contributed by atoms with Gasteiger partial charge in [-0.3, -0.25) is 4.79 Å². The van der Waals surface area contributed by atoms with Gasteiger partial charge in [-0.25, -0.2) is 4.79 Å². The average Bonchev–Trinajstić information content (AvgIpc) is 2.16. The number of carboxylic acid groups (broad SMARTS) is 1. The highest BCUT2D eigenvalue weighted by atomic mass is 32.2. The van der Waals surface area contributed by atoms with E-state index >= 15 is 0 Å². The topological polar surface area (TPSA) is 101 Å². The maximum Gasteiger partial charge on any atom is 0.336 e. The van der Waals surface area contributed by atoms with E-state index in [1.807, 2.05) is 0 Å². The number of nitrogens with zero attached hydrogens (tertiary/aromatic N) is 1. The van der Waals surface area contributed by atoms with Gasteiger partial charge in [0.05, 0.1) is 11.1 Å². The molecule has 0 aliphatic rings. The number of carboxylic acids is 1. The molecule has 6 nitrogen and oxygen atoms in total. The molecule has 0 radical (unpaired) electrons. The van der Waals surface area contributed by atoms with Crippen molar-refractivity contribution in [3.8, 4) is 0 Å². The first kappa shape index (κ1) is 11.1. The van der Waals surface area contributed by atoms with Crippen molar-refractivity contribution in [2.75, 3.05) is 0 Å². The Balaban J connectivity index is 3.31. The maximum absolute atomic E-state index is 11.2. The van der Waals surface area contributed by atoms with E-state index < -0.39 is 22.4 Å². The molecule has 7 heteroatoms. The molecule has 15 heavy (non-hydrogen) atoms. The summed E-state index contributed by atoms with van der Waals surface area (Å²) in [5.41, 5.74) is -0.536. The van der Waals surface area contributed by atoms with Crippen LogP contribution in [0.25, 0.3) is 0 Å². The summed E-state index contributed by atoms with van der Waals surface area (Å²) in [7, 11) is -2.89. The molecule has 0 bridgehead atoms. The van der Waals surface area contributed by atoms with Crippen molar-refractivity contribution >= 4 is 22.4 Å². The lowest BCUT2D eigenvalue weighted by molar-refractivity contribution is 0.0692. The Morgan fingerprint density at radius 3 is 2.13 bits per heavy atom. The van der Waals surface area contributed by atoms with Gasteiger partial charge in [0.15, 0.2) is 0 Å². The number of carbonyl (C=O) groups is 2. The Labute approximate surface area is 85.9 Å². The van der Waals surface area contributed by atoms with Crippen molar-refractivity contribution in [1.29, 1.82) is 0 Å². The van der Waals surface area contributed by atoms with Crippen LogP contribution < -0.4 is 0 Å². The van der Waals surface area contributed by atoms with Crippen LogP contribution in [-0.2, 0) is 10.5 Å². The summed E-state index contributed by atoms with van der Waals surface area (Å²) in [5, 5.41) is 8.70. The van der Waals surface area contributed by atoms with Crippen LogP contribution in [0.2, 0.25) is 0 Å². The molecule has 1 N–H and O–H groups in total. The van der Waals surface area contributed by atoms with Crippen LogP contribution in [0.4, 0.5) is 0 Å². The molecular weight excluding hydrogens is 222 g/mol. The van der Waals surface area contributed by atoms with Gasteiger partial charge in [0.25, 0.3) is 5.91 Å². The number of amides is 1. The molecule has 0 spiro atoms. The molecule has 1 rings (SSSR count). The number of benzene rings is 1. The summed E-state index contributed by atoms with van der Waals surface area (Å²) in [6.45, 7) is 0. The lowest BCUT2D eigenvalue weighted by atomic mass is 10.1. The fraction of sp³-hybridized carbons (Fsp3) is 0. The second kappa shape index (κ2) is 4.47. The van der Waals surface area contributed by atoms with Crippen LogP contribution in [-0.4, -0.2) is 25.4 Å². The molecule has 0 heterocycles.